The molecule has 0 radical (unpaired) electrons. The van der Waals surface area contributed by atoms with Crippen molar-refractivity contribution in [3.05, 3.63) is 30.1 Å². The Morgan fingerprint density at radius 3 is 2.83 bits per heavy atom. The van der Waals surface area contributed by atoms with Gasteiger partial charge in [-0.1, -0.05) is 12.1 Å². The molecule has 0 aliphatic carbocycles. The zero-order valence-corrected chi connectivity index (χ0v) is 14.7. The molecule has 128 valence electrons. The molecule has 7 heteroatoms. The van der Waals surface area contributed by atoms with Crippen molar-refractivity contribution in [2.75, 3.05) is 12.8 Å². The number of aliphatic carboxylic acids is 1. The Hall–Kier alpha value is -2.02. The maximum absolute atomic E-state index is 12.8. The van der Waals surface area contributed by atoms with Crippen LogP contribution in [0.5, 0.6) is 0 Å². The second kappa shape index (κ2) is 6.47. The number of benzene rings is 1. The Kier molecular flexibility index (Phi) is 4.54. The van der Waals surface area contributed by atoms with Gasteiger partial charge in [0.2, 0.25) is 5.91 Å². The van der Waals surface area contributed by atoms with Crippen LogP contribution in [0.1, 0.15) is 25.6 Å². The third-order valence-corrected chi connectivity index (χ3v) is 5.25. The zero-order chi connectivity index (χ0) is 17.3. The highest BCUT2D eigenvalue weighted by Gasteiger charge is 2.45. The number of nitrogens with zero attached hydrogens (tertiary/aromatic N) is 3. The highest BCUT2D eigenvalue weighted by Crippen LogP contribution is 2.30. The first-order valence-corrected chi connectivity index (χ1v) is 9.33. The number of carbonyl (C=O) groups is 2. The number of para-hydroxylation sites is 2. The van der Waals surface area contributed by atoms with Crippen molar-refractivity contribution < 1.29 is 14.7 Å². The van der Waals surface area contributed by atoms with Gasteiger partial charge in [0.05, 0.1) is 16.8 Å². The lowest BCUT2D eigenvalue weighted by molar-refractivity contribution is -0.155. The lowest BCUT2D eigenvalue weighted by Crippen LogP contribution is -2.51. The summed E-state index contributed by atoms with van der Waals surface area (Å²) >= 11 is 1.65. The lowest BCUT2D eigenvalue weighted by atomic mass is 9.99. The number of carbonyl (C=O) groups excluding carboxylic acids is 1. The molecule has 1 N–H and O–H groups in total. The van der Waals surface area contributed by atoms with E-state index in [1.165, 1.54) is 4.90 Å². The second-order valence-corrected chi connectivity index (χ2v) is 7.13. The summed E-state index contributed by atoms with van der Waals surface area (Å²) in [6.07, 6.45) is 3.21. The minimum absolute atomic E-state index is 0.124. The van der Waals surface area contributed by atoms with E-state index in [4.69, 9.17) is 0 Å². The van der Waals surface area contributed by atoms with Crippen LogP contribution in [0.2, 0.25) is 0 Å². The van der Waals surface area contributed by atoms with Crippen LogP contribution in [-0.4, -0.2) is 49.8 Å². The summed E-state index contributed by atoms with van der Waals surface area (Å²) < 4.78 is 1.91. The quantitative estimate of drug-likeness (QED) is 0.899. The molecule has 1 aromatic carbocycles. The smallest absolute Gasteiger partial charge is 0.329 e. The first-order chi connectivity index (χ1) is 11.5. The Morgan fingerprint density at radius 1 is 1.38 bits per heavy atom. The largest absolute Gasteiger partial charge is 0.480 e. The van der Waals surface area contributed by atoms with Gasteiger partial charge in [-0.15, -0.1) is 0 Å². The number of imidazole rings is 1. The van der Waals surface area contributed by atoms with Crippen molar-refractivity contribution in [2.24, 2.45) is 0 Å². The number of thioether (sulfide) groups is 1. The number of likely N-dealkylation sites (tertiary alicyclic amines) is 1. The third kappa shape index (κ3) is 2.77. The number of carboxylic acid groups (broad SMARTS) is 1. The Bertz CT molecular complexity index is 788. The van der Waals surface area contributed by atoms with E-state index in [9.17, 15) is 14.7 Å². The van der Waals surface area contributed by atoms with Gasteiger partial charge in [-0.2, -0.15) is 11.8 Å². The normalized spacial score (nSPS) is 20.7. The Labute approximate surface area is 144 Å². The molecule has 2 aromatic rings. The fourth-order valence-corrected chi connectivity index (χ4v) is 3.83. The summed E-state index contributed by atoms with van der Waals surface area (Å²) in [4.78, 5) is 30.6. The molecular formula is C17H21N3O3S. The van der Waals surface area contributed by atoms with Gasteiger partial charge in [-0.25, -0.2) is 9.78 Å². The fraction of sp³-hybridized carbons (Fsp3) is 0.471. The molecule has 1 aliphatic heterocycles. The molecule has 0 saturated carbocycles. The Balaban J connectivity index is 1.93. The van der Waals surface area contributed by atoms with Crippen molar-refractivity contribution in [3.8, 4) is 0 Å². The third-order valence-electron chi connectivity index (χ3n) is 4.70. The molecule has 1 aromatic heterocycles. The lowest BCUT2D eigenvalue weighted by Gasteiger charge is -2.31. The molecule has 3 rings (SSSR count). The van der Waals surface area contributed by atoms with Crippen molar-refractivity contribution >= 4 is 34.7 Å². The standard InChI is InChI=1S/C17H21N3O3S/c1-17(16(22)23)8-5-9-20(17)15(21)10-19-13-7-4-3-6-12(13)18-14(19)11-24-2/h3-4,6-7H,5,8-11H2,1-2H3,(H,22,23). The van der Waals surface area contributed by atoms with Crippen LogP contribution in [0.4, 0.5) is 0 Å². The number of aromatic nitrogens is 2. The van der Waals surface area contributed by atoms with Gasteiger partial charge in [0.25, 0.3) is 0 Å². The molecule has 2 heterocycles. The maximum Gasteiger partial charge on any atom is 0.329 e. The highest BCUT2D eigenvalue weighted by molar-refractivity contribution is 7.97. The monoisotopic (exact) mass is 347 g/mol. The molecule has 1 atom stereocenters. The van der Waals surface area contributed by atoms with Gasteiger partial charge in [0.1, 0.15) is 17.9 Å². The molecule has 6 nitrogen and oxygen atoms in total. The van der Waals surface area contributed by atoms with Crippen molar-refractivity contribution in [1.29, 1.82) is 0 Å². The summed E-state index contributed by atoms with van der Waals surface area (Å²) in [5.41, 5.74) is 0.663. The molecular weight excluding hydrogens is 326 g/mol. The van der Waals surface area contributed by atoms with Gasteiger partial charge in [0.15, 0.2) is 0 Å². The maximum atomic E-state index is 12.8. The minimum Gasteiger partial charge on any atom is -0.480 e. The van der Waals surface area contributed by atoms with Gasteiger partial charge in [-0.05, 0) is 38.2 Å². The summed E-state index contributed by atoms with van der Waals surface area (Å²) in [5, 5.41) is 9.51. The van der Waals surface area contributed by atoms with Gasteiger partial charge < -0.3 is 14.6 Å². The van der Waals surface area contributed by atoms with E-state index in [0.29, 0.717) is 18.7 Å². The van der Waals surface area contributed by atoms with E-state index < -0.39 is 11.5 Å². The summed E-state index contributed by atoms with van der Waals surface area (Å²) in [6.45, 7) is 2.25. The number of carboxylic acids is 1. The minimum atomic E-state index is -1.10. The zero-order valence-electron chi connectivity index (χ0n) is 13.9. The van der Waals surface area contributed by atoms with E-state index in [1.54, 1.807) is 18.7 Å². The second-order valence-electron chi connectivity index (χ2n) is 6.26. The van der Waals surface area contributed by atoms with E-state index >= 15 is 0 Å². The SMILES string of the molecule is CSCc1nc2ccccc2n1CC(=O)N1CCCC1(C)C(=O)O. The number of hydrogen-bond donors (Lipinski definition) is 1. The average Bonchev–Trinajstić information content (AvgIpc) is 3.10. The predicted octanol–water partition coefficient (Wildman–Crippen LogP) is 2.36. The highest BCUT2D eigenvalue weighted by atomic mass is 32.2. The molecule has 1 unspecified atom stereocenters. The van der Waals surface area contributed by atoms with Crippen LogP contribution in [0.25, 0.3) is 11.0 Å². The number of hydrogen-bond acceptors (Lipinski definition) is 4. The summed E-state index contributed by atoms with van der Waals surface area (Å²) in [5.74, 6) is 0.447. The van der Waals surface area contributed by atoms with Gasteiger partial charge >= 0.3 is 5.97 Å². The van der Waals surface area contributed by atoms with Crippen LogP contribution < -0.4 is 0 Å². The number of fused-ring (bicyclic) bond motifs is 1. The van der Waals surface area contributed by atoms with E-state index in [2.05, 4.69) is 4.98 Å². The molecule has 1 fully saturated rings. The van der Waals surface area contributed by atoms with E-state index in [-0.39, 0.29) is 12.5 Å². The molecule has 1 amide bonds. The van der Waals surface area contributed by atoms with Crippen LogP contribution in [-0.2, 0) is 21.9 Å². The molecule has 1 saturated heterocycles. The fourth-order valence-electron chi connectivity index (χ4n) is 3.35. The topological polar surface area (TPSA) is 75.4 Å². The van der Waals surface area contributed by atoms with E-state index in [1.807, 2.05) is 35.1 Å². The Morgan fingerprint density at radius 2 is 2.12 bits per heavy atom. The average molecular weight is 347 g/mol. The van der Waals surface area contributed by atoms with Crippen molar-refractivity contribution in [2.45, 2.75) is 37.6 Å². The van der Waals surface area contributed by atoms with E-state index in [0.717, 1.165) is 23.3 Å². The van der Waals surface area contributed by atoms with Crippen LogP contribution in [0, 0.1) is 0 Å². The molecule has 0 bridgehead atoms. The first kappa shape index (κ1) is 16.8. The molecule has 0 spiro atoms. The van der Waals surface area contributed by atoms with Crippen LogP contribution in [0.3, 0.4) is 0 Å². The van der Waals surface area contributed by atoms with Crippen molar-refractivity contribution in [3.63, 3.8) is 0 Å². The molecule has 24 heavy (non-hydrogen) atoms. The van der Waals surface area contributed by atoms with Gasteiger partial charge in [0, 0.05) is 6.54 Å². The number of amides is 1. The first-order valence-electron chi connectivity index (χ1n) is 7.94. The number of rotatable bonds is 5. The predicted molar refractivity (Wildman–Crippen MR) is 93.9 cm³/mol. The van der Waals surface area contributed by atoms with Crippen LogP contribution >= 0.6 is 11.8 Å². The summed E-state index contributed by atoms with van der Waals surface area (Å²) in [6, 6.07) is 7.72. The molecule has 1 aliphatic rings. The van der Waals surface area contributed by atoms with Crippen LogP contribution in [0.15, 0.2) is 24.3 Å². The summed E-state index contributed by atoms with van der Waals surface area (Å²) in [7, 11) is 0. The van der Waals surface area contributed by atoms with Crippen molar-refractivity contribution in [1.82, 2.24) is 14.5 Å². The van der Waals surface area contributed by atoms with Gasteiger partial charge in [-0.3, -0.25) is 4.79 Å².